The molecule has 3 N–H and O–H groups in total. The van der Waals surface area contributed by atoms with Gasteiger partial charge in [-0.3, -0.25) is 15.0 Å². The van der Waals surface area contributed by atoms with Gasteiger partial charge in [-0.15, -0.1) is 0 Å². The number of hydrogen-bond donors (Lipinski definition) is 2. The van der Waals surface area contributed by atoms with Gasteiger partial charge >= 0.3 is 5.69 Å². The summed E-state index contributed by atoms with van der Waals surface area (Å²) >= 11 is 0. The van der Waals surface area contributed by atoms with Crippen molar-refractivity contribution < 1.29 is 10.0 Å². The van der Waals surface area contributed by atoms with Crippen molar-refractivity contribution in [3.05, 3.63) is 22.2 Å². The number of nitrogens with two attached hydrogens (primary N) is 1. The largest absolute Gasteiger partial charge is 0.395 e. The van der Waals surface area contributed by atoms with Crippen LogP contribution in [-0.4, -0.2) is 59.2 Å². The zero-order chi connectivity index (χ0) is 13.8. The lowest BCUT2D eigenvalue weighted by Crippen LogP contribution is -2.47. The first-order valence-electron chi connectivity index (χ1n) is 6.11. The molecule has 104 valence electrons. The first-order chi connectivity index (χ1) is 9.11. The van der Waals surface area contributed by atoms with Crippen molar-refractivity contribution in [1.29, 1.82) is 0 Å². The average molecular weight is 267 g/mol. The number of nitro groups is 1. The number of rotatable bonds is 4. The van der Waals surface area contributed by atoms with E-state index in [1.165, 1.54) is 6.07 Å². The molecule has 8 nitrogen and oxygen atoms in total. The third kappa shape index (κ3) is 3.09. The second kappa shape index (κ2) is 5.81. The number of aromatic nitrogens is 1. The molecule has 8 heteroatoms. The van der Waals surface area contributed by atoms with Gasteiger partial charge < -0.3 is 15.7 Å². The fourth-order valence-electron chi connectivity index (χ4n) is 2.13. The maximum atomic E-state index is 10.7. The molecule has 2 heterocycles. The highest BCUT2D eigenvalue weighted by Gasteiger charge is 2.20. The van der Waals surface area contributed by atoms with E-state index in [1.54, 1.807) is 6.07 Å². The van der Waals surface area contributed by atoms with Gasteiger partial charge in [-0.2, -0.15) is 0 Å². The molecule has 0 bridgehead atoms. The number of aliphatic hydroxyl groups is 1. The lowest BCUT2D eigenvalue weighted by Gasteiger charge is -2.35. The smallest absolute Gasteiger partial charge is 0.311 e. The molecule has 1 aromatic heterocycles. The van der Waals surface area contributed by atoms with E-state index in [1.807, 2.05) is 4.90 Å². The van der Waals surface area contributed by atoms with E-state index in [-0.39, 0.29) is 18.1 Å². The number of nitrogen functional groups attached to an aromatic ring is 1. The van der Waals surface area contributed by atoms with Crippen LogP contribution in [0.25, 0.3) is 0 Å². The van der Waals surface area contributed by atoms with Crippen LogP contribution in [0, 0.1) is 10.1 Å². The highest BCUT2D eigenvalue weighted by Crippen LogP contribution is 2.23. The minimum Gasteiger partial charge on any atom is -0.395 e. The van der Waals surface area contributed by atoms with Gasteiger partial charge in [0.15, 0.2) is 0 Å². The molecule has 0 radical (unpaired) electrons. The van der Waals surface area contributed by atoms with Crippen molar-refractivity contribution in [2.45, 2.75) is 0 Å². The van der Waals surface area contributed by atoms with E-state index < -0.39 is 4.92 Å². The third-order valence-electron chi connectivity index (χ3n) is 3.20. The van der Waals surface area contributed by atoms with Crippen LogP contribution >= 0.6 is 0 Å². The standard InChI is InChI=1S/C11H17N5O3/c12-11-9(16(18)19)1-2-10(13-11)15-5-3-14(4-6-15)7-8-17/h1-2,17H,3-8H2,(H2,12,13). The summed E-state index contributed by atoms with van der Waals surface area (Å²) in [7, 11) is 0. The zero-order valence-corrected chi connectivity index (χ0v) is 10.5. The maximum Gasteiger partial charge on any atom is 0.311 e. The second-order valence-electron chi connectivity index (χ2n) is 4.38. The van der Waals surface area contributed by atoms with Crippen LogP contribution in [0.3, 0.4) is 0 Å². The molecule has 1 aromatic rings. The molecule has 0 aromatic carbocycles. The van der Waals surface area contributed by atoms with Gasteiger partial charge in [-0.05, 0) is 6.07 Å². The van der Waals surface area contributed by atoms with Gasteiger partial charge in [0.25, 0.3) is 0 Å². The van der Waals surface area contributed by atoms with Crippen molar-refractivity contribution in [1.82, 2.24) is 9.88 Å². The SMILES string of the molecule is Nc1nc(N2CCN(CCO)CC2)ccc1[N+](=O)[O-]. The molecule has 2 rings (SSSR count). The van der Waals surface area contributed by atoms with E-state index in [2.05, 4.69) is 9.88 Å². The van der Waals surface area contributed by atoms with Gasteiger partial charge in [0.05, 0.1) is 11.5 Å². The van der Waals surface area contributed by atoms with E-state index in [0.29, 0.717) is 12.4 Å². The Hall–Kier alpha value is -1.93. The monoisotopic (exact) mass is 267 g/mol. The lowest BCUT2D eigenvalue weighted by molar-refractivity contribution is -0.384. The van der Waals surface area contributed by atoms with Crippen molar-refractivity contribution in [3.63, 3.8) is 0 Å². The molecule has 0 amide bonds. The molecule has 19 heavy (non-hydrogen) atoms. The Kier molecular flexibility index (Phi) is 4.13. The number of nitrogens with zero attached hydrogens (tertiary/aromatic N) is 4. The minimum absolute atomic E-state index is 0.0553. The molecule has 0 saturated carbocycles. The zero-order valence-electron chi connectivity index (χ0n) is 10.5. The molecule has 1 saturated heterocycles. The van der Waals surface area contributed by atoms with E-state index >= 15 is 0 Å². The summed E-state index contributed by atoms with van der Waals surface area (Å²) in [6, 6.07) is 3.01. The first kappa shape index (κ1) is 13.5. The molecule has 1 aliphatic rings. The Labute approximate surface area is 110 Å². The van der Waals surface area contributed by atoms with Crippen LogP contribution in [0.2, 0.25) is 0 Å². The molecular formula is C11H17N5O3. The van der Waals surface area contributed by atoms with Crippen molar-refractivity contribution >= 4 is 17.3 Å². The molecule has 1 fully saturated rings. The number of aliphatic hydroxyl groups excluding tert-OH is 1. The summed E-state index contributed by atoms with van der Waals surface area (Å²) in [6.07, 6.45) is 0. The van der Waals surface area contributed by atoms with Gasteiger partial charge in [-0.1, -0.05) is 0 Å². The minimum atomic E-state index is -0.536. The highest BCUT2D eigenvalue weighted by molar-refractivity contribution is 5.58. The van der Waals surface area contributed by atoms with Crippen LogP contribution in [-0.2, 0) is 0 Å². The molecule has 0 unspecified atom stereocenters. The Morgan fingerprint density at radius 1 is 1.37 bits per heavy atom. The fourth-order valence-corrected chi connectivity index (χ4v) is 2.13. The van der Waals surface area contributed by atoms with Crippen LogP contribution < -0.4 is 10.6 Å². The predicted molar refractivity (Wildman–Crippen MR) is 71.0 cm³/mol. The fraction of sp³-hybridized carbons (Fsp3) is 0.545. The van der Waals surface area contributed by atoms with Crippen molar-refractivity contribution in [2.75, 3.05) is 50.0 Å². The predicted octanol–water partition coefficient (Wildman–Crippen LogP) is -0.314. The summed E-state index contributed by atoms with van der Waals surface area (Å²) in [5.41, 5.74) is 5.42. The van der Waals surface area contributed by atoms with Crippen molar-refractivity contribution in [2.24, 2.45) is 0 Å². The summed E-state index contributed by atoms with van der Waals surface area (Å²) in [4.78, 5) is 18.4. The second-order valence-corrected chi connectivity index (χ2v) is 4.38. The van der Waals surface area contributed by atoms with Crippen LogP contribution in [0.15, 0.2) is 12.1 Å². The quantitative estimate of drug-likeness (QED) is 0.568. The number of pyridine rings is 1. The lowest BCUT2D eigenvalue weighted by atomic mass is 10.3. The maximum absolute atomic E-state index is 10.7. The summed E-state index contributed by atoms with van der Waals surface area (Å²) < 4.78 is 0. The number of β-amino-alcohol motifs (C(OH)–C–C–N with tert-alkyl or cyclic N) is 1. The van der Waals surface area contributed by atoms with E-state index in [0.717, 1.165) is 26.2 Å². The van der Waals surface area contributed by atoms with Crippen LogP contribution in [0.1, 0.15) is 0 Å². The summed E-state index contributed by atoms with van der Waals surface area (Å²) in [5, 5.41) is 19.5. The van der Waals surface area contributed by atoms with Gasteiger partial charge in [0.2, 0.25) is 5.82 Å². The average Bonchev–Trinajstić information content (AvgIpc) is 2.39. The normalized spacial score (nSPS) is 16.6. The first-order valence-corrected chi connectivity index (χ1v) is 6.11. The molecule has 1 aliphatic heterocycles. The molecule has 0 atom stereocenters. The summed E-state index contributed by atoms with van der Waals surface area (Å²) in [5.74, 6) is 0.604. The number of hydrogen-bond acceptors (Lipinski definition) is 7. The van der Waals surface area contributed by atoms with E-state index in [4.69, 9.17) is 10.8 Å². The van der Waals surface area contributed by atoms with Gasteiger partial charge in [-0.25, -0.2) is 4.98 Å². The van der Waals surface area contributed by atoms with E-state index in [9.17, 15) is 10.1 Å². The van der Waals surface area contributed by atoms with Gasteiger partial charge in [0.1, 0.15) is 5.82 Å². The third-order valence-corrected chi connectivity index (χ3v) is 3.20. The molecule has 0 spiro atoms. The Bertz CT molecular complexity index is 460. The Balaban J connectivity index is 2.04. The van der Waals surface area contributed by atoms with Crippen molar-refractivity contribution in [3.8, 4) is 0 Å². The highest BCUT2D eigenvalue weighted by atomic mass is 16.6. The van der Waals surface area contributed by atoms with Gasteiger partial charge in [0, 0.05) is 38.8 Å². The summed E-state index contributed by atoms with van der Waals surface area (Å²) in [6.45, 7) is 4.03. The number of anilines is 2. The molecular weight excluding hydrogens is 250 g/mol. The Morgan fingerprint density at radius 2 is 2.05 bits per heavy atom. The van der Waals surface area contributed by atoms with Crippen LogP contribution in [0.5, 0.6) is 0 Å². The Morgan fingerprint density at radius 3 is 2.58 bits per heavy atom. The molecule has 0 aliphatic carbocycles. The van der Waals surface area contributed by atoms with Crippen LogP contribution in [0.4, 0.5) is 17.3 Å². The topological polar surface area (TPSA) is 109 Å². The number of piperazine rings is 1.